The number of nitrogens with zero attached hydrogens (tertiary/aromatic N) is 2. The van der Waals surface area contributed by atoms with E-state index < -0.39 is 0 Å². The Hall–Kier alpha value is -1.12. The summed E-state index contributed by atoms with van der Waals surface area (Å²) in [7, 11) is 3.19. The van der Waals surface area contributed by atoms with E-state index >= 15 is 0 Å². The van der Waals surface area contributed by atoms with Crippen molar-refractivity contribution in [3.05, 3.63) is 47.0 Å². The number of rotatable bonds is 4. The number of pyridine rings is 2. The molecule has 2 heterocycles. The van der Waals surface area contributed by atoms with Crippen LogP contribution in [0, 0.1) is 0 Å². The van der Waals surface area contributed by atoms with Gasteiger partial charge < -0.3 is 19.3 Å². The predicted octanol–water partition coefficient (Wildman–Crippen LogP) is 4.78. The molecular weight excluding hydrogens is 423 g/mol. The molecule has 9 heteroatoms. The number of methoxy groups -OCH3 is 2. The van der Waals surface area contributed by atoms with E-state index in [-0.39, 0.29) is 20.0 Å². The summed E-state index contributed by atoms with van der Waals surface area (Å²) in [6.45, 7) is 0.226. The minimum atomic E-state index is 0. The minimum Gasteiger partial charge on any atom is -0.506 e. The summed E-state index contributed by atoms with van der Waals surface area (Å²) in [4.78, 5) is 7.41. The molecule has 24 heavy (non-hydrogen) atoms. The lowest BCUT2D eigenvalue weighted by molar-refractivity contribution is 0.0508. The van der Waals surface area contributed by atoms with Crippen molar-refractivity contribution in [2.75, 3.05) is 26.5 Å². The summed E-state index contributed by atoms with van der Waals surface area (Å²) in [5.74, 6) is 0.783. The van der Waals surface area contributed by atoms with E-state index in [0.29, 0.717) is 21.6 Å². The molecule has 0 aromatic carbocycles. The topological polar surface area (TPSA) is 73.7 Å². The molecule has 0 aliphatic heterocycles. The second-order valence-corrected chi connectivity index (χ2v) is 4.84. The normalized spacial score (nSPS) is 8.71. The van der Waals surface area contributed by atoms with Gasteiger partial charge in [0.1, 0.15) is 27.3 Å². The summed E-state index contributed by atoms with van der Waals surface area (Å²) in [6, 6.07) is 6.40. The van der Waals surface area contributed by atoms with E-state index in [1.165, 1.54) is 18.3 Å². The van der Waals surface area contributed by atoms with Gasteiger partial charge in [0.25, 0.3) is 0 Å². The van der Waals surface area contributed by atoms with Crippen LogP contribution in [0.4, 0.5) is 0 Å². The Labute approximate surface area is 160 Å². The zero-order valence-corrected chi connectivity index (χ0v) is 15.7. The van der Waals surface area contributed by atoms with Crippen LogP contribution in [0.15, 0.2) is 36.7 Å². The van der Waals surface area contributed by atoms with Gasteiger partial charge in [-0.25, -0.2) is 9.97 Å². The largest absolute Gasteiger partial charge is 0.506 e. The molecule has 0 atom stereocenters. The lowest BCUT2D eigenvalue weighted by Gasteiger charge is -2.02. The number of hydrogen-bond donors (Lipinski definition) is 1. The Morgan fingerprint density at radius 3 is 1.88 bits per heavy atom. The maximum absolute atomic E-state index is 8.64. The van der Waals surface area contributed by atoms with Crippen molar-refractivity contribution >= 4 is 39.1 Å². The van der Waals surface area contributed by atoms with Crippen LogP contribution in [0.2, 0.25) is 10.3 Å². The van der Waals surface area contributed by atoms with Crippen LogP contribution in [-0.2, 0) is 9.47 Å². The van der Waals surface area contributed by atoms with Gasteiger partial charge >= 0.3 is 0 Å². The Kier molecular flexibility index (Phi) is 17.5. The maximum Gasteiger partial charge on any atom is 0.188 e. The van der Waals surface area contributed by atoms with Gasteiger partial charge in [0.2, 0.25) is 0 Å². The van der Waals surface area contributed by atoms with E-state index in [2.05, 4.69) is 30.6 Å². The number of alkyl halides is 1. The second kappa shape index (κ2) is 16.7. The van der Waals surface area contributed by atoms with Crippen molar-refractivity contribution < 1.29 is 19.3 Å². The van der Waals surface area contributed by atoms with Gasteiger partial charge in [0.15, 0.2) is 6.79 Å². The zero-order chi connectivity index (χ0) is 17.5. The first kappa shape index (κ1) is 25.1. The fraction of sp³-hybridized carbons (Fsp3) is 0.333. The molecular formula is C15H21BrCl2N2O4. The first-order chi connectivity index (χ1) is 11.0. The van der Waals surface area contributed by atoms with Gasteiger partial charge in [0.05, 0.1) is 12.4 Å². The molecule has 0 aliphatic rings. The summed E-state index contributed by atoms with van der Waals surface area (Å²) in [6.07, 6.45) is 2.84. The third-order valence-corrected chi connectivity index (χ3v) is 2.77. The number of aromatic nitrogens is 2. The molecule has 0 saturated heterocycles. The third kappa shape index (κ3) is 14.5. The molecule has 136 valence electrons. The van der Waals surface area contributed by atoms with Crippen LogP contribution >= 0.6 is 39.1 Å². The van der Waals surface area contributed by atoms with E-state index in [4.69, 9.17) is 37.8 Å². The average molecular weight is 444 g/mol. The SMILES string of the molecule is C.COCBr.COCOc1ccc(Cl)nc1.Oc1ccc(Cl)nc1. The van der Waals surface area contributed by atoms with Crippen LogP contribution in [0.3, 0.4) is 0 Å². The highest BCUT2D eigenvalue weighted by Gasteiger charge is 1.92. The molecule has 1 N–H and O–H groups in total. The highest BCUT2D eigenvalue weighted by molar-refractivity contribution is 9.09. The Morgan fingerprint density at radius 1 is 1.00 bits per heavy atom. The Balaban J connectivity index is 0. The lowest BCUT2D eigenvalue weighted by atomic mass is 10.5. The molecule has 0 fully saturated rings. The van der Waals surface area contributed by atoms with E-state index in [0.717, 1.165) is 0 Å². The number of ether oxygens (including phenoxy) is 3. The molecule has 2 rings (SSSR count). The molecule has 0 saturated carbocycles. The highest BCUT2D eigenvalue weighted by Crippen LogP contribution is 2.11. The van der Waals surface area contributed by atoms with E-state index in [1.54, 1.807) is 32.5 Å². The molecule has 2 aromatic rings. The zero-order valence-electron chi connectivity index (χ0n) is 12.6. The molecule has 0 amide bonds. The Bertz CT molecular complexity index is 493. The lowest BCUT2D eigenvalue weighted by Crippen LogP contribution is -1.98. The van der Waals surface area contributed by atoms with Gasteiger partial charge in [-0.05, 0) is 24.3 Å². The molecule has 0 bridgehead atoms. The molecule has 0 spiro atoms. The maximum atomic E-state index is 8.64. The molecule has 2 aromatic heterocycles. The van der Waals surface area contributed by atoms with Gasteiger partial charge in [-0.2, -0.15) is 0 Å². The molecule has 0 unspecified atom stereocenters. The van der Waals surface area contributed by atoms with Gasteiger partial charge in [-0.15, -0.1) is 0 Å². The third-order valence-electron chi connectivity index (χ3n) is 1.86. The van der Waals surface area contributed by atoms with Crippen LogP contribution in [-0.4, -0.2) is 41.6 Å². The first-order valence-electron chi connectivity index (χ1n) is 6.12. The average Bonchev–Trinajstić information content (AvgIpc) is 2.58. The van der Waals surface area contributed by atoms with E-state index in [9.17, 15) is 0 Å². The second-order valence-electron chi connectivity index (χ2n) is 3.60. The molecule has 0 radical (unpaired) electrons. The van der Waals surface area contributed by atoms with Crippen molar-refractivity contribution in [2.24, 2.45) is 0 Å². The summed E-state index contributed by atoms with van der Waals surface area (Å²) in [5.41, 5.74) is 0.632. The van der Waals surface area contributed by atoms with Crippen LogP contribution in [0.1, 0.15) is 7.43 Å². The number of hydrogen-bond acceptors (Lipinski definition) is 6. The smallest absolute Gasteiger partial charge is 0.188 e. The van der Waals surface area contributed by atoms with Gasteiger partial charge in [0, 0.05) is 14.2 Å². The van der Waals surface area contributed by atoms with Crippen molar-refractivity contribution in [1.82, 2.24) is 9.97 Å². The summed E-state index contributed by atoms with van der Waals surface area (Å²) < 4.78 is 14.2. The molecule has 0 aliphatic carbocycles. The van der Waals surface area contributed by atoms with E-state index in [1.807, 2.05) is 0 Å². The van der Waals surface area contributed by atoms with Gasteiger partial charge in [-0.3, -0.25) is 0 Å². The fourth-order valence-electron chi connectivity index (χ4n) is 0.943. The fourth-order valence-corrected chi connectivity index (χ4v) is 1.17. The van der Waals surface area contributed by atoms with Crippen LogP contribution < -0.4 is 4.74 Å². The van der Waals surface area contributed by atoms with Crippen molar-refractivity contribution in [3.63, 3.8) is 0 Å². The molecule has 6 nitrogen and oxygen atoms in total. The number of halogens is 3. The van der Waals surface area contributed by atoms with Crippen LogP contribution in [0.5, 0.6) is 11.5 Å². The predicted molar refractivity (Wildman–Crippen MR) is 100 cm³/mol. The minimum absolute atomic E-state index is 0. The summed E-state index contributed by atoms with van der Waals surface area (Å²) in [5, 5.41) is 9.48. The Morgan fingerprint density at radius 2 is 1.54 bits per heavy atom. The summed E-state index contributed by atoms with van der Waals surface area (Å²) >= 11 is 14.0. The van der Waals surface area contributed by atoms with Crippen LogP contribution in [0.25, 0.3) is 0 Å². The quantitative estimate of drug-likeness (QED) is 0.416. The monoisotopic (exact) mass is 442 g/mol. The van der Waals surface area contributed by atoms with Crippen molar-refractivity contribution in [2.45, 2.75) is 7.43 Å². The van der Waals surface area contributed by atoms with Gasteiger partial charge in [-0.1, -0.05) is 46.6 Å². The van der Waals surface area contributed by atoms with Crippen molar-refractivity contribution in [3.8, 4) is 11.5 Å². The van der Waals surface area contributed by atoms with Crippen molar-refractivity contribution in [1.29, 1.82) is 0 Å². The number of aromatic hydroxyl groups is 1. The highest BCUT2D eigenvalue weighted by atomic mass is 79.9. The standard InChI is InChI=1S/C7H8ClNO2.C5H4ClNO.C2H5BrO.CH4/c1-10-5-11-6-2-3-7(8)9-4-6;6-5-2-1-4(8)3-7-5;1-4-2-3;/h2-4H,5H2,1H3;1-3,8H;2H2,1H3;1H4. The first-order valence-corrected chi connectivity index (χ1v) is 8.00.